The molecule has 11 heteroatoms. The number of aromatic nitrogens is 4. The third kappa shape index (κ3) is 14.6. The molecular formula is C35H50F3N7O. The number of pyridine rings is 4. The van der Waals surface area contributed by atoms with Gasteiger partial charge in [-0.1, -0.05) is 55.4 Å². The van der Waals surface area contributed by atoms with Gasteiger partial charge in [0.1, 0.15) is 23.1 Å². The number of nitrogens with zero attached hydrogens (tertiary/aromatic N) is 3. The summed E-state index contributed by atoms with van der Waals surface area (Å²) in [5.41, 5.74) is 21.6. The summed E-state index contributed by atoms with van der Waals surface area (Å²) in [6, 6.07) is 14.0. The van der Waals surface area contributed by atoms with Gasteiger partial charge in [0.05, 0.1) is 0 Å². The van der Waals surface area contributed by atoms with Crippen molar-refractivity contribution in [2.75, 3.05) is 17.2 Å². The predicted octanol–water partition coefficient (Wildman–Crippen LogP) is 8.50. The van der Waals surface area contributed by atoms with Crippen molar-refractivity contribution in [2.45, 2.75) is 99.1 Å². The van der Waals surface area contributed by atoms with Crippen molar-refractivity contribution < 1.29 is 13.2 Å². The molecule has 0 aliphatic rings. The van der Waals surface area contributed by atoms with Crippen molar-refractivity contribution in [3.63, 3.8) is 0 Å². The van der Waals surface area contributed by atoms with Crippen LogP contribution in [0.5, 0.6) is 0 Å². The van der Waals surface area contributed by atoms with Crippen molar-refractivity contribution in [1.82, 2.24) is 19.9 Å². The van der Waals surface area contributed by atoms with Gasteiger partial charge in [-0.2, -0.15) is 13.2 Å². The zero-order chi connectivity index (χ0) is 35.4. The fourth-order valence-corrected chi connectivity index (χ4v) is 3.98. The molecule has 46 heavy (non-hydrogen) atoms. The van der Waals surface area contributed by atoms with E-state index in [4.69, 9.17) is 17.2 Å². The number of hydrogen-bond donors (Lipinski definition) is 4. The summed E-state index contributed by atoms with van der Waals surface area (Å²) in [6.07, 6.45) is -2.75. The first kappa shape index (κ1) is 39.6. The van der Waals surface area contributed by atoms with E-state index < -0.39 is 11.9 Å². The molecular weight excluding hydrogens is 591 g/mol. The summed E-state index contributed by atoms with van der Waals surface area (Å²) in [7, 11) is 0. The average molecular weight is 642 g/mol. The highest BCUT2D eigenvalue weighted by molar-refractivity contribution is 5.38. The second-order valence-electron chi connectivity index (χ2n) is 12.2. The molecule has 4 rings (SSSR count). The van der Waals surface area contributed by atoms with Gasteiger partial charge >= 0.3 is 6.18 Å². The molecule has 0 saturated carbocycles. The third-order valence-electron chi connectivity index (χ3n) is 6.61. The lowest BCUT2D eigenvalue weighted by Crippen LogP contribution is -2.10. The second-order valence-corrected chi connectivity index (χ2v) is 12.2. The van der Waals surface area contributed by atoms with Crippen molar-refractivity contribution >= 4 is 17.5 Å². The molecule has 4 aromatic heterocycles. The summed E-state index contributed by atoms with van der Waals surface area (Å²) in [5.74, 6) is 2.63. The van der Waals surface area contributed by atoms with Gasteiger partial charge in [-0.15, -0.1) is 0 Å². The number of hydrogen-bond acceptors (Lipinski definition) is 7. The minimum Gasteiger partial charge on any atom is -0.384 e. The lowest BCUT2D eigenvalue weighted by molar-refractivity contribution is -0.141. The van der Waals surface area contributed by atoms with Gasteiger partial charge in [0.15, 0.2) is 0 Å². The molecule has 0 unspecified atom stereocenters. The summed E-state index contributed by atoms with van der Waals surface area (Å²) in [5, 5.41) is 0. The normalized spacial score (nSPS) is 11.0. The Bertz CT molecular complexity index is 1480. The molecule has 0 aliphatic heterocycles. The molecule has 0 amide bonds. The van der Waals surface area contributed by atoms with E-state index in [1.807, 2.05) is 32.0 Å². The van der Waals surface area contributed by atoms with Gasteiger partial charge in [0, 0.05) is 23.7 Å². The van der Waals surface area contributed by atoms with Crippen LogP contribution < -0.4 is 22.8 Å². The molecule has 252 valence electrons. The number of halogens is 3. The number of nitrogens with two attached hydrogens (primary N) is 3. The molecule has 4 aromatic rings. The van der Waals surface area contributed by atoms with Gasteiger partial charge in [-0.25, -0.2) is 15.0 Å². The molecule has 4 heterocycles. The highest BCUT2D eigenvalue weighted by Crippen LogP contribution is 2.30. The van der Waals surface area contributed by atoms with Gasteiger partial charge in [0.25, 0.3) is 0 Å². The molecule has 0 spiro atoms. The largest absolute Gasteiger partial charge is 0.433 e. The van der Waals surface area contributed by atoms with E-state index in [1.165, 1.54) is 17.2 Å². The molecule has 0 aromatic carbocycles. The van der Waals surface area contributed by atoms with E-state index in [9.17, 15) is 18.0 Å². The van der Waals surface area contributed by atoms with Crippen LogP contribution in [-0.2, 0) is 6.18 Å². The molecule has 7 N–H and O–H groups in total. The van der Waals surface area contributed by atoms with Crippen molar-refractivity contribution in [3.05, 3.63) is 104 Å². The van der Waals surface area contributed by atoms with E-state index in [-0.39, 0.29) is 17.3 Å². The molecule has 0 atom stereocenters. The maximum Gasteiger partial charge on any atom is 0.433 e. The number of nitrogen functional groups attached to an aromatic ring is 3. The Balaban J connectivity index is 0.000000309. The third-order valence-corrected chi connectivity index (χ3v) is 6.61. The van der Waals surface area contributed by atoms with Crippen LogP contribution in [0.25, 0.3) is 0 Å². The van der Waals surface area contributed by atoms with E-state index in [1.54, 1.807) is 26.1 Å². The number of nitrogens with one attached hydrogen (secondary N) is 1. The van der Waals surface area contributed by atoms with Crippen molar-refractivity contribution in [3.8, 4) is 0 Å². The standard InChI is InChI=1S/C9H11F3N2.2C9H14N2.C8H11NO/c1-5(2)6-3-7(9(10,11)12)14-8(13)4-6;2*1-6(2)8-4-7(3)11-9(10)5-8;1-6(2)7-3-4-9-8(10)5-7/h3-5H,1-2H3,(H2,13,14);2*4-6H,1-3H3,(H2,10,11);3-6H,1-2H3,(H,9,10). The lowest BCUT2D eigenvalue weighted by atomic mass is 10.0. The van der Waals surface area contributed by atoms with Crippen LogP contribution in [0.3, 0.4) is 0 Å². The summed E-state index contributed by atoms with van der Waals surface area (Å²) in [6.45, 7) is 20.2. The first-order valence-electron chi connectivity index (χ1n) is 15.2. The minimum absolute atomic E-state index is 0.00130. The average Bonchev–Trinajstić information content (AvgIpc) is 2.92. The maximum absolute atomic E-state index is 12.3. The van der Waals surface area contributed by atoms with Crippen LogP contribution in [-0.4, -0.2) is 19.9 Å². The van der Waals surface area contributed by atoms with Crippen molar-refractivity contribution in [2.24, 2.45) is 0 Å². The highest BCUT2D eigenvalue weighted by Gasteiger charge is 2.33. The molecule has 8 nitrogen and oxygen atoms in total. The quantitative estimate of drug-likeness (QED) is 0.174. The fourth-order valence-electron chi connectivity index (χ4n) is 3.98. The number of aryl methyl sites for hydroxylation is 2. The van der Waals surface area contributed by atoms with Crippen LogP contribution in [0.4, 0.5) is 30.6 Å². The van der Waals surface area contributed by atoms with Gasteiger partial charge in [-0.05, 0) is 102 Å². The minimum atomic E-state index is -4.43. The second kappa shape index (κ2) is 17.9. The Morgan fingerprint density at radius 1 is 0.587 bits per heavy atom. The van der Waals surface area contributed by atoms with Crippen molar-refractivity contribution in [1.29, 1.82) is 0 Å². The SMILES string of the molecule is CC(C)c1cc(N)nc(C(F)(F)F)c1.CC(C)c1cc[nH]c(=O)c1.Cc1cc(C(C)C)cc(N)n1.Cc1cc(C(C)C)cc(N)n1. The fraction of sp³-hybridized carbons (Fsp3) is 0.429. The van der Waals surface area contributed by atoms with Gasteiger partial charge in [0.2, 0.25) is 5.56 Å². The van der Waals surface area contributed by atoms with Crippen LogP contribution in [0.15, 0.2) is 59.5 Å². The van der Waals surface area contributed by atoms with Gasteiger partial charge < -0.3 is 22.2 Å². The number of anilines is 3. The van der Waals surface area contributed by atoms with Crippen LogP contribution >= 0.6 is 0 Å². The first-order valence-corrected chi connectivity index (χ1v) is 15.2. The Kier molecular flexibility index (Phi) is 15.4. The number of alkyl halides is 3. The Morgan fingerprint density at radius 3 is 1.26 bits per heavy atom. The van der Waals surface area contributed by atoms with Crippen LogP contribution in [0.2, 0.25) is 0 Å². The molecule has 0 fully saturated rings. The Labute approximate surface area is 271 Å². The highest BCUT2D eigenvalue weighted by atomic mass is 19.4. The van der Waals surface area contributed by atoms with Crippen LogP contribution in [0.1, 0.15) is 118 Å². The predicted molar refractivity (Wildman–Crippen MR) is 184 cm³/mol. The zero-order valence-corrected chi connectivity index (χ0v) is 28.6. The van der Waals surface area contributed by atoms with E-state index >= 15 is 0 Å². The van der Waals surface area contributed by atoms with E-state index in [0.717, 1.165) is 23.0 Å². The molecule has 0 radical (unpaired) electrons. The Morgan fingerprint density at radius 2 is 0.957 bits per heavy atom. The van der Waals surface area contributed by atoms with Gasteiger partial charge in [-0.3, -0.25) is 4.79 Å². The number of rotatable bonds is 4. The summed E-state index contributed by atoms with van der Waals surface area (Å²) in [4.78, 5) is 24.7. The molecule has 0 aliphatic carbocycles. The van der Waals surface area contributed by atoms with E-state index in [2.05, 4.69) is 73.6 Å². The topological polar surface area (TPSA) is 150 Å². The molecule has 0 bridgehead atoms. The monoisotopic (exact) mass is 641 g/mol. The summed E-state index contributed by atoms with van der Waals surface area (Å²) < 4.78 is 36.9. The Hall–Kier alpha value is -4.41. The maximum atomic E-state index is 12.3. The number of aromatic amines is 1. The summed E-state index contributed by atoms with van der Waals surface area (Å²) >= 11 is 0. The van der Waals surface area contributed by atoms with E-state index in [0.29, 0.717) is 35.0 Å². The smallest absolute Gasteiger partial charge is 0.384 e. The van der Waals surface area contributed by atoms with Crippen LogP contribution in [0, 0.1) is 13.8 Å². The lowest BCUT2D eigenvalue weighted by Gasteiger charge is -2.11. The number of H-pyrrole nitrogens is 1. The zero-order valence-electron chi connectivity index (χ0n) is 28.6. The molecule has 0 saturated heterocycles. The first-order chi connectivity index (χ1) is 21.2.